The number of hydrogen-bond donors (Lipinski definition) is 1. The summed E-state index contributed by atoms with van der Waals surface area (Å²) in [6.45, 7) is 0. The van der Waals surface area contributed by atoms with Gasteiger partial charge < -0.3 is 5.32 Å². The van der Waals surface area contributed by atoms with Gasteiger partial charge in [0.25, 0.3) is 0 Å². The van der Waals surface area contributed by atoms with E-state index in [1.54, 1.807) is 16.9 Å². The van der Waals surface area contributed by atoms with Crippen LogP contribution in [0.2, 0.25) is 0 Å². The summed E-state index contributed by atoms with van der Waals surface area (Å²) < 4.78 is 28.4. The lowest BCUT2D eigenvalue weighted by Gasteiger charge is -2.08. The third-order valence-electron chi connectivity index (χ3n) is 2.96. The van der Waals surface area contributed by atoms with Crippen molar-refractivity contribution in [2.75, 3.05) is 5.32 Å². The summed E-state index contributed by atoms with van der Waals surface area (Å²) in [7, 11) is 1.83. The predicted molar refractivity (Wildman–Crippen MR) is 70.4 cm³/mol. The van der Waals surface area contributed by atoms with E-state index < -0.39 is 11.6 Å². The monoisotopic (exact) mass is 259 g/mol. The molecule has 0 saturated heterocycles. The highest BCUT2D eigenvalue weighted by Crippen LogP contribution is 2.24. The molecular weight excluding hydrogens is 248 g/mol. The second kappa shape index (κ2) is 4.35. The van der Waals surface area contributed by atoms with E-state index in [4.69, 9.17) is 0 Å². The molecule has 5 heteroatoms. The number of rotatable bonds is 2. The Balaban J connectivity index is 2.00. The molecule has 0 fully saturated rings. The van der Waals surface area contributed by atoms with Crippen LogP contribution in [0.25, 0.3) is 10.9 Å². The molecule has 0 unspecified atom stereocenters. The minimum Gasteiger partial charge on any atom is -0.353 e. The molecule has 3 rings (SSSR count). The van der Waals surface area contributed by atoms with Gasteiger partial charge in [-0.1, -0.05) is 0 Å². The summed E-state index contributed by atoms with van der Waals surface area (Å²) in [5, 5.41) is 7.99. The van der Waals surface area contributed by atoms with E-state index in [9.17, 15) is 8.78 Å². The number of nitrogens with one attached hydrogen (secondary N) is 1. The molecule has 1 N–H and O–H groups in total. The quantitative estimate of drug-likeness (QED) is 0.762. The summed E-state index contributed by atoms with van der Waals surface area (Å²) in [6, 6.07) is 8.83. The van der Waals surface area contributed by atoms with Crippen LogP contribution >= 0.6 is 0 Å². The fourth-order valence-electron chi connectivity index (χ4n) is 1.97. The maximum absolute atomic E-state index is 13.5. The first-order valence-corrected chi connectivity index (χ1v) is 5.77. The van der Waals surface area contributed by atoms with Crippen LogP contribution in [0.5, 0.6) is 0 Å². The molecule has 3 nitrogen and oxygen atoms in total. The van der Waals surface area contributed by atoms with Crippen LogP contribution in [-0.2, 0) is 7.05 Å². The number of aryl methyl sites for hydroxylation is 1. The number of nitrogens with zero attached hydrogens (tertiary/aromatic N) is 2. The fourth-order valence-corrected chi connectivity index (χ4v) is 1.97. The highest BCUT2D eigenvalue weighted by Gasteiger charge is 2.06. The minimum atomic E-state index is -0.494. The summed E-state index contributed by atoms with van der Waals surface area (Å²) in [4.78, 5) is 0. The Morgan fingerprint density at radius 1 is 1.11 bits per heavy atom. The zero-order chi connectivity index (χ0) is 13.4. The molecule has 19 heavy (non-hydrogen) atoms. The fraction of sp³-hybridized carbons (Fsp3) is 0.0714. The van der Waals surface area contributed by atoms with Crippen molar-refractivity contribution in [3.8, 4) is 0 Å². The SMILES string of the molecule is Cn1ncc2ccc(Nc3cc(F)ccc3F)cc21. The molecule has 0 aliphatic rings. The molecule has 0 aliphatic heterocycles. The molecule has 0 spiro atoms. The molecule has 0 amide bonds. The lowest BCUT2D eigenvalue weighted by molar-refractivity contribution is 0.603. The average Bonchev–Trinajstić information content (AvgIpc) is 2.76. The maximum atomic E-state index is 13.5. The van der Waals surface area contributed by atoms with Crippen molar-refractivity contribution in [3.63, 3.8) is 0 Å². The van der Waals surface area contributed by atoms with Crippen molar-refractivity contribution >= 4 is 22.3 Å². The standard InChI is InChI=1S/C14H11F2N3/c1-19-14-7-11(4-2-9(14)8-17-19)18-13-6-10(15)3-5-12(13)16/h2-8,18H,1H3. The Morgan fingerprint density at radius 2 is 1.95 bits per heavy atom. The zero-order valence-corrected chi connectivity index (χ0v) is 10.2. The first-order chi connectivity index (χ1) is 9.13. The summed E-state index contributed by atoms with van der Waals surface area (Å²) in [5.41, 5.74) is 1.71. The number of benzene rings is 2. The third-order valence-corrected chi connectivity index (χ3v) is 2.96. The van der Waals surface area contributed by atoms with Gasteiger partial charge in [-0.3, -0.25) is 4.68 Å². The van der Waals surface area contributed by atoms with Crippen molar-refractivity contribution in [1.29, 1.82) is 0 Å². The van der Waals surface area contributed by atoms with Gasteiger partial charge in [0, 0.05) is 24.2 Å². The van der Waals surface area contributed by atoms with Crippen LogP contribution in [0.4, 0.5) is 20.2 Å². The second-order valence-electron chi connectivity index (χ2n) is 4.29. The predicted octanol–water partition coefficient (Wildman–Crippen LogP) is 3.60. The van der Waals surface area contributed by atoms with Gasteiger partial charge in [0.15, 0.2) is 0 Å². The van der Waals surface area contributed by atoms with Crippen molar-refractivity contribution in [1.82, 2.24) is 9.78 Å². The Morgan fingerprint density at radius 3 is 2.79 bits per heavy atom. The molecule has 3 aromatic rings. The number of halogens is 2. The highest BCUT2D eigenvalue weighted by molar-refractivity contribution is 5.83. The van der Waals surface area contributed by atoms with E-state index in [1.165, 1.54) is 0 Å². The molecule has 1 aromatic heterocycles. The van der Waals surface area contributed by atoms with Gasteiger partial charge in [0.05, 0.1) is 17.4 Å². The van der Waals surface area contributed by atoms with Crippen molar-refractivity contribution in [2.45, 2.75) is 0 Å². The first kappa shape index (κ1) is 11.6. The number of aromatic nitrogens is 2. The Labute approximate surface area is 108 Å². The van der Waals surface area contributed by atoms with E-state index in [0.29, 0.717) is 5.69 Å². The van der Waals surface area contributed by atoms with Gasteiger partial charge in [0.2, 0.25) is 0 Å². The minimum absolute atomic E-state index is 0.113. The molecule has 0 aliphatic carbocycles. The van der Waals surface area contributed by atoms with Crippen LogP contribution in [0.3, 0.4) is 0 Å². The van der Waals surface area contributed by atoms with E-state index in [1.807, 2.05) is 19.2 Å². The van der Waals surface area contributed by atoms with Gasteiger partial charge >= 0.3 is 0 Å². The molecule has 1 heterocycles. The molecule has 0 saturated carbocycles. The number of anilines is 2. The lowest BCUT2D eigenvalue weighted by Crippen LogP contribution is -1.95. The van der Waals surface area contributed by atoms with E-state index in [2.05, 4.69) is 10.4 Å². The van der Waals surface area contributed by atoms with Crippen molar-refractivity contribution in [2.24, 2.45) is 7.05 Å². The van der Waals surface area contributed by atoms with E-state index in [-0.39, 0.29) is 5.69 Å². The molecule has 0 bridgehead atoms. The Bertz CT molecular complexity index is 750. The zero-order valence-electron chi connectivity index (χ0n) is 10.2. The van der Waals surface area contributed by atoms with Gasteiger partial charge in [-0.25, -0.2) is 8.78 Å². The smallest absolute Gasteiger partial charge is 0.146 e. The van der Waals surface area contributed by atoms with Crippen LogP contribution < -0.4 is 5.32 Å². The third kappa shape index (κ3) is 2.14. The van der Waals surface area contributed by atoms with E-state index >= 15 is 0 Å². The number of hydrogen-bond acceptors (Lipinski definition) is 2. The number of fused-ring (bicyclic) bond motifs is 1. The Kier molecular flexibility index (Phi) is 2.67. The van der Waals surface area contributed by atoms with E-state index in [0.717, 1.165) is 29.1 Å². The van der Waals surface area contributed by atoms with Crippen LogP contribution in [-0.4, -0.2) is 9.78 Å². The first-order valence-electron chi connectivity index (χ1n) is 5.77. The average molecular weight is 259 g/mol. The summed E-state index contributed by atoms with van der Waals surface area (Å²) in [6.07, 6.45) is 1.75. The molecule has 2 aromatic carbocycles. The maximum Gasteiger partial charge on any atom is 0.146 e. The van der Waals surface area contributed by atoms with Crippen LogP contribution in [0, 0.1) is 11.6 Å². The molecule has 0 atom stereocenters. The summed E-state index contributed by atoms with van der Waals surface area (Å²) >= 11 is 0. The second-order valence-corrected chi connectivity index (χ2v) is 4.29. The van der Waals surface area contributed by atoms with Gasteiger partial charge in [0.1, 0.15) is 11.6 Å². The van der Waals surface area contributed by atoms with Crippen molar-refractivity contribution < 1.29 is 8.78 Å². The topological polar surface area (TPSA) is 29.9 Å². The van der Waals surface area contributed by atoms with Crippen LogP contribution in [0.15, 0.2) is 42.6 Å². The highest BCUT2D eigenvalue weighted by atomic mass is 19.1. The van der Waals surface area contributed by atoms with Gasteiger partial charge in [-0.2, -0.15) is 5.10 Å². The molecule has 96 valence electrons. The van der Waals surface area contributed by atoms with Gasteiger partial charge in [-0.15, -0.1) is 0 Å². The lowest BCUT2D eigenvalue weighted by atomic mass is 10.2. The van der Waals surface area contributed by atoms with Crippen LogP contribution in [0.1, 0.15) is 0 Å². The van der Waals surface area contributed by atoms with Crippen molar-refractivity contribution in [3.05, 3.63) is 54.2 Å². The largest absolute Gasteiger partial charge is 0.353 e. The molecule has 0 radical (unpaired) electrons. The van der Waals surface area contributed by atoms with Gasteiger partial charge in [-0.05, 0) is 30.3 Å². The summed E-state index contributed by atoms with van der Waals surface area (Å²) in [5.74, 6) is -0.975. The Hall–Kier alpha value is -2.43. The molecular formula is C14H11F2N3. The normalized spacial score (nSPS) is 10.9.